The number of hydrogen-bond donors (Lipinski definition) is 1. The van der Waals surface area contributed by atoms with Crippen LogP contribution in [0.3, 0.4) is 0 Å². The monoisotopic (exact) mass is 87.1 g/mol. The average Bonchev–Trinajstić information content (AvgIpc) is 1.69. The lowest BCUT2D eigenvalue weighted by Gasteiger charge is -1.84. The molecule has 0 atom stereocenters. The fraction of sp³-hybridized carbons (Fsp3) is 0.800. The van der Waals surface area contributed by atoms with Crippen molar-refractivity contribution in [3.05, 3.63) is 6.61 Å². The van der Waals surface area contributed by atoms with Gasteiger partial charge in [-0.1, -0.05) is 19.8 Å². The zero-order valence-corrected chi connectivity index (χ0v) is 4.03. The summed E-state index contributed by atoms with van der Waals surface area (Å²) in [4.78, 5) is 0. The minimum absolute atomic E-state index is 0.778. The summed E-state index contributed by atoms with van der Waals surface area (Å²) in [6.45, 7) is 4.50. The van der Waals surface area contributed by atoms with Crippen LogP contribution in [0.15, 0.2) is 0 Å². The van der Waals surface area contributed by atoms with E-state index >= 15 is 0 Å². The van der Waals surface area contributed by atoms with E-state index < -0.39 is 0 Å². The van der Waals surface area contributed by atoms with Crippen LogP contribution in [-0.4, -0.2) is 5.11 Å². The molecule has 0 aromatic carbocycles. The first-order valence-corrected chi connectivity index (χ1v) is 2.26. The van der Waals surface area contributed by atoms with E-state index in [9.17, 15) is 0 Å². The van der Waals surface area contributed by atoms with Gasteiger partial charge in [-0.3, -0.25) is 0 Å². The molecule has 0 heterocycles. The summed E-state index contributed by atoms with van der Waals surface area (Å²) in [5, 5.41) is 3.84. The molecule has 0 amide bonds. The molecule has 0 bridgehead atoms. The fourth-order valence-electron chi connectivity index (χ4n) is 0.249. The van der Waals surface area contributed by atoms with Crippen molar-refractivity contribution in [2.45, 2.75) is 26.2 Å². The van der Waals surface area contributed by atoms with Crippen LogP contribution in [0.2, 0.25) is 0 Å². The second kappa shape index (κ2) is 4.96. The van der Waals surface area contributed by atoms with Gasteiger partial charge in [0.2, 0.25) is 1.43 Å². The van der Waals surface area contributed by atoms with Crippen LogP contribution in [0, 0.1) is 6.61 Å². The number of rotatable bonds is 4. The van der Waals surface area contributed by atoms with Crippen LogP contribution in [0.25, 0.3) is 0 Å². The molecule has 0 unspecified atom stereocenters. The van der Waals surface area contributed by atoms with Gasteiger partial charge in [-0.25, -0.2) is 0 Å². The van der Waals surface area contributed by atoms with E-state index in [0.717, 1.165) is 19.3 Å². The highest BCUT2D eigenvalue weighted by Crippen LogP contribution is 1.92. The molecule has 2 radical (unpaired) electrons. The van der Waals surface area contributed by atoms with Gasteiger partial charge in [0.1, 0.15) is 6.61 Å². The lowest BCUT2D eigenvalue weighted by molar-refractivity contribution is 0.369. The lowest BCUT2D eigenvalue weighted by atomic mass is 10.3. The Morgan fingerprint density at radius 1 is 2.00 bits per heavy atom. The van der Waals surface area contributed by atoms with Crippen molar-refractivity contribution in [3.8, 4) is 0 Å². The van der Waals surface area contributed by atoms with Crippen LogP contribution in [0.1, 0.15) is 27.6 Å². The van der Waals surface area contributed by atoms with Gasteiger partial charge in [0.25, 0.3) is 0 Å². The van der Waals surface area contributed by atoms with Gasteiger partial charge < -0.3 is 5.11 Å². The first kappa shape index (κ1) is 4.13. The number of hydrogen-bond acceptors (Lipinski definition) is 1. The van der Waals surface area contributed by atoms with E-state index in [1.807, 2.05) is 0 Å². The number of unbranched alkanes of at least 4 members (excludes halogenated alkanes) is 2. The highest BCUT2D eigenvalue weighted by atomic mass is 16.2. The predicted molar refractivity (Wildman–Crippen MR) is 24.7 cm³/mol. The molecule has 0 aliphatic rings. The molecule has 1 N–H and O–H groups in total. The van der Waals surface area contributed by atoms with Crippen LogP contribution in [0.4, 0.5) is 0 Å². The maximum absolute atomic E-state index is 6.17. The van der Waals surface area contributed by atoms with Crippen molar-refractivity contribution in [1.29, 1.82) is 0 Å². The van der Waals surface area contributed by atoms with Crippen molar-refractivity contribution in [2.75, 3.05) is 0 Å². The van der Waals surface area contributed by atoms with Gasteiger partial charge in [0.05, 0.1) is 0 Å². The molecule has 0 spiro atoms. The number of aliphatic hydroxyl groups excluding tert-OH is 1. The Labute approximate surface area is 40.5 Å². The summed E-state index contributed by atoms with van der Waals surface area (Å²) in [6.07, 6.45) is 2.98. The van der Waals surface area contributed by atoms with Gasteiger partial charge in [-0.2, -0.15) is 0 Å². The van der Waals surface area contributed by atoms with Crippen molar-refractivity contribution in [1.82, 2.24) is 0 Å². The molecule has 0 fully saturated rings. The summed E-state index contributed by atoms with van der Waals surface area (Å²) in [7, 11) is 0. The van der Waals surface area contributed by atoms with Crippen LogP contribution >= 0.6 is 0 Å². The predicted octanol–water partition coefficient (Wildman–Crippen LogP) is 1.59. The molecule has 0 saturated carbocycles. The zero-order chi connectivity index (χ0) is 5.54. The van der Waals surface area contributed by atoms with Crippen LogP contribution in [0.5, 0.6) is 0 Å². The topological polar surface area (TPSA) is 20.2 Å². The smallest absolute Gasteiger partial charge is 0.211 e. The highest BCUT2D eigenvalue weighted by molar-refractivity contribution is 4.43. The SMILES string of the molecule is [2H]O[C]CCCC. The van der Waals surface area contributed by atoms with E-state index in [-0.39, 0.29) is 0 Å². The molecule has 0 aromatic rings. The van der Waals surface area contributed by atoms with Gasteiger partial charge in [-0.05, 0) is 6.42 Å². The third kappa shape index (κ3) is 3.96. The second-order valence-corrected chi connectivity index (χ2v) is 1.25. The first-order valence-electron chi connectivity index (χ1n) is 2.67. The van der Waals surface area contributed by atoms with Crippen molar-refractivity contribution in [2.24, 2.45) is 0 Å². The minimum Gasteiger partial charge on any atom is -0.384 e. The largest absolute Gasteiger partial charge is 0.384 e. The summed E-state index contributed by atoms with van der Waals surface area (Å²) in [5.41, 5.74) is 0. The summed E-state index contributed by atoms with van der Waals surface area (Å²) in [5.74, 6) is 0. The van der Waals surface area contributed by atoms with Crippen molar-refractivity contribution >= 4 is 0 Å². The Bertz CT molecular complexity index is 27.3. The molecule has 36 valence electrons. The molecule has 6 heavy (non-hydrogen) atoms. The summed E-state index contributed by atoms with van der Waals surface area (Å²) in [6, 6.07) is 0. The van der Waals surface area contributed by atoms with Crippen molar-refractivity contribution < 1.29 is 6.54 Å². The maximum atomic E-state index is 6.17. The molecule has 0 saturated heterocycles. The van der Waals surface area contributed by atoms with E-state index in [1.165, 1.54) is 0 Å². The van der Waals surface area contributed by atoms with E-state index in [1.54, 1.807) is 0 Å². The molecule has 0 aliphatic carbocycles. The Hall–Kier alpha value is -0.0400. The van der Waals surface area contributed by atoms with Gasteiger partial charge in [-0.15, -0.1) is 0 Å². The van der Waals surface area contributed by atoms with E-state index in [0.29, 0.717) is 0 Å². The molecule has 1 nitrogen and oxygen atoms in total. The zero-order valence-electron chi connectivity index (χ0n) is 5.03. The van der Waals surface area contributed by atoms with Crippen LogP contribution in [-0.2, 0) is 0 Å². The Kier molecular flexibility index (Phi) is 3.41. The maximum Gasteiger partial charge on any atom is 0.211 e. The standard InChI is InChI=1S/C5H10O/c1-2-3-4-5-6/h6H,2-4H2,1H3/i6D. The van der Waals surface area contributed by atoms with Gasteiger partial charge in [0.15, 0.2) is 0 Å². The Morgan fingerprint density at radius 2 is 2.83 bits per heavy atom. The molecular formula is C5H10O. The molecule has 1 heteroatoms. The third-order valence-corrected chi connectivity index (χ3v) is 0.632. The first-order chi connectivity index (χ1) is 3.41. The third-order valence-electron chi connectivity index (χ3n) is 0.632. The quantitative estimate of drug-likeness (QED) is 0.516. The molecule has 0 rings (SSSR count). The Balaban J connectivity index is 2.45. The molecule has 0 aromatic heterocycles. The van der Waals surface area contributed by atoms with Gasteiger partial charge >= 0.3 is 0 Å². The van der Waals surface area contributed by atoms with Crippen molar-refractivity contribution in [3.63, 3.8) is 0 Å². The van der Waals surface area contributed by atoms with Crippen LogP contribution < -0.4 is 0 Å². The van der Waals surface area contributed by atoms with E-state index in [2.05, 4.69) is 18.6 Å². The van der Waals surface area contributed by atoms with Gasteiger partial charge in [0, 0.05) is 0 Å². The summed E-state index contributed by atoms with van der Waals surface area (Å²) >= 11 is 0. The molecular weight excluding hydrogens is 76.1 g/mol. The second-order valence-electron chi connectivity index (χ2n) is 1.25. The fourth-order valence-corrected chi connectivity index (χ4v) is 0.249. The molecule has 0 aliphatic heterocycles. The van der Waals surface area contributed by atoms with E-state index in [4.69, 9.17) is 1.43 Å². The summed E-state index contributed by atoms with van der Waals surface area (Å²) < 4.78 is 6.17. The minimum atomic E-state index is 0.778. The lowest BCUT2D eigenvalue weighted by Crippen LogP contribution is -1.70. The normalized spacial score (nSPS) is 11.2. The number of aliphatic hydroxyl groups is 1. The highest BCUT2D eigenvalue weighted by Gasteiger charge is 1.78. The average molecular weight is 87.1 g/mol. The Morgan fingerprint density at radius 3 is 3.33 bits per heavy atom.